The number of nitrogens with one attached hydrogen (secondary N) is 2. The first-order chi connectivity index (χ1) is 13.7. The largest absolute Gasteiger partial charge is 0.496 e. The lowest BCUT2D eigenvalue weighted by Crippen LogP contribution is -2.27. The number of anilines is 2. The zero-order chi connectivity index (χ0) is 19.8. The van der Waals surface area contributed by atoms with Gasteiger partial charge in [0.15, 0.2) is 4.34 Å². The number of carbonyl (C=O) groups excluding carboxylic acids is 1. The molecular weight excluding hydrogens is 399 g/mol. The summed E-state index contributed by atoms with van der Waals surface area (Å²) in [5.41, 5.74) is 1.38. The van der Waals surface area contributed by atoms with E-state index in [1.165, 1.54) is 29.2 Å². The molecule has 28 heavy (non-hydrogen) atoms. The van der Waals surface area contributed by atoms with Crippen molar-refractivity contribution in [3.05, 3.63) is 59.9 Å². The number of amides is 1. The third-order valence-electron chi connectivity index (χ3n) is 3.76. The van der Waals surface area contributed by atoms with Gasteiger partial charge in [0.2, 0.25) is 11.0 Å². The zero-order valence-electron chi connectivity index (χ0n) is 15.1. The van der Waals surface area contributed by atoms with Crippen molar-refractivity contribution in [2.45, 2.75) is 10.8 Å². The van der Waals surface area contributed by atoms with Gasteiger partial charge in [0.1, 0.15) is 11.6 Å². The Kier molecular flexibility index (Phi) is 7.21. The Morgan fingerprint density at radius 2 is 1.96 bits per heavy atom. The fraction of sp³-hybridized carbons (Fsp3) is 0.211. The topological polar surface area (TPSA) is 76.1 Å². The van der Waals surface area contributed by atoms with Crippen molar-refractivity contribution in [3.8, 4) is 5.75 Å². The maximum Gasteiger partial charge on any atom is 0.230 e. The molecule has 0 atom stereocenters. The summed E-state index contributed by atoms with van der Waals surface area (Å²) >= 11 is 2.56. The van der Waals surface area contributed by atoms with Crippen molar-refractivity contribution in [3.63, 3.8) is 0 Å². The Balaban J connectivity index is 1.42. The number of halogens is 1. The molecule has 0 saturated heterocycles. The molecule has 0 saturated carbocycles. The highest BCUT2D eigenvalue weighted by Gasteiger charge is 2.10. The molecule has 1 aromatic heterocycles. The van der Waals surface area contributed by atoms with E-state index in [2.05, 4.69) is 20.8 Å². The lowest BCUT2D eigenvalue weighted by Gasteiger charge is -2.08. The van der Waals surface area contributed by atoms with Crippen LogP contribution in [0.2, 0.25) is 0 Å². The lowest BCUT2D eigenvalue weighted by atomic mass is 10.1. The molecule has 146 valence electrons. The molecule has 3 aromatic rings. The molecule has 0 aliphatic carbocycles. The summed E-state index contributed by atoms with van der Waals surface area (Å²) in [6, 6.07) is 14.1. The lowest BCUT2D eigenvalue weighted by molar-refractivity contribution is -0.118. The van der Waals surface area contributed by atoms with Gasteiger partial charge in [0.05, 0.1) is 18.6 Å². The van der Waals surface area contributed by atoms with Gasteiger partial charge in [-0.15, -0.1) is 10.2 Å². The van der Waals surface area contributed by atoms with E-state index < -0.39 is 0 Å². The summed E-state index contributed by atoms with van der Waals surface area (Å²) in [5.74, 6) is 0.607. The quantitative estimate of drug-likeness (QED) is 0.514. The van der Waals surface area contributed by atoms with Gasteiger partial charge < -0.3 is 15.4 Å². The number of para-hydroxylation sites is 2. The number of carbonyl (C=O) groups is 1. The van der Waals surface area contributed by atoms with Crippen molar-refractivity contribution >= 4 is 39.8 Å². The van der Waals surface area contributed by atoms with Crippen LogP contribution >= 0.6 is 23.1 Å². The number of benzene rings is 2. The molecular formula is C19H19FN4O2S2. The highest BCUT2D eigenvalue weighted by molar-refractivity contribution is 8.01. The number of thioether (sulfide) groups is 1. The van der Waals surface area contributed by atoms with E-state index in [-0.39, 0.29) is 17.5 Å². The van der Waals surface area contributed by atoms with Crippen molar-refractivity contribution in [1.82, 2.24) is 15.5 Å². The van der Waals surface area contributed by atoms with Crippen LogP contribution in [0.4, 0.5) is 15.2 Å². The summed E-state index contributed by atoms with van der Waals surface area (Å²) in [7, 11) is 1.63. The number of hydrogen-bond acceptors (Lipinski definition) is 7. The molecule has 2 N–H and O–H groups in total. The van der Waals surface area contributed by atoms with Gasteiger partial charge in [-0.3, -0.25) is 4.79 Å². The maximum absolute atomic E-state index is 13.7. The summed E-state index contributed by atoms with van der Waals surface area (Å²) in [6.45, 7) is 0.524. The normalized spacial score (nSPS) is 10.5. The summed E-state index contributed by atoms with van der Waals surface area (Å²) < 4.78 is 19.6. The molecule has 1 amide bonds. The minimum Gasteiger partial charge on any atom is -0.496 e. The molecule has 0 aliphatic heterocycles. The third-order valence-corrected chi connectivity index (χ3v) is 5.73. The zero-order valence-corrected chi connectivity index (χ0v) is 16.8. The van der Waals surface area contributed by atoms with E-state index in [0.717, 1.165) is 11.3 Å². The smallest absolute Gasteiger partial charge is 0.230 e. The number of rotatable bonds is 9. The second-order valence-electron chi connectivity index (χ2n) is 5.68. The Morgan fingerprint density at radius 3 is 2.79 bits per heavy atom. The predicted molar refractivity (Wildman–Crippen MR) is 110 cm³/mol. The average Bonchev–Trinajstić information content (AvgIpc) is 3.16. The number of aromatic nitrogens is 2. The molecule has 6 nitrogen and oxygen atoms in total. The Hall–Kier alpha value is -2.65. The predicted octanol–water partition coefficient (Wildman–Crippen LogP) is 3.88. The molecule has 0 fully saturated rings. The summed E-state index contributed by atoms with van der Waals surface area (Å²) in [5, 5.41) is 14.2. The number of hydrogen-bond donors (Lipinski definition) is 2. The average molecular weight is 419 g/mol. The molecule has 0 aliphatic rings. The Morgan fingerprint density at radius 1 is 1.18 bits per heavy atom. The Bertz CT molecular complexity index is 936. The van der Waals surface area contributed by atoms with Gasteiger partial charge in [-0.05, 0) is 30.2 Å². The first kappa shape index (κ1) is 20.1. The summed E-state index contributed by atoms with van der Waals surface area (Å²) in [6.07, 6.45) is 0.690. The van der Waals surface area contributed by atoms with Gasteiger partial charge in [0.25, 0.3) is 0 Å². The van der Waals surface area contributed by atoms with Crippen LogP contribution in [0, 0.1) is 5.82 Å². The molecule has 1 heterocycles. The van der Waals surface area contributed by atoms with E-state index in [1.54, 1.807) is 25.3 Å². The molecule has 9 heteroatoms. The van der Waals surface area contributed by atoms with Crippen LogP contribution in [-0.2, 0) is 11.2 Å². The maximum atomic E-state index is 13.7. The monoisotopic (exact) mass is 418 g/mol. The minimum absolute atomic E-state index is 0.0845. The number of methoxy groups -OCH3 is 1. The minimum atomic E-state index is -0.360. The Labute approximate surface area is 170 Å². The molecule has 0 radical (unpaired) electrons. The van der Waals surface area contributed by atoms with E-state index in [9.17, 15) is 9.18 Å². The van der Waals surface area contributed by atoms with E-state index in [4.69, 9.17) is 4.74 Å². The van der Waals surface area contributed by atoms with Crippen molar-refractivity contribution in [1.29, 1.82) is 0 Å². The first-order valence-corrected chi connectivity index (χ1v) is 10.3. The van der Waals surface area contributed by atoms with Gasteiger partial charge in [-0.1, -0.05) is 53.4 Å². The second kappa shape index (κ2) is 10.0. The van der Waals surface area contributed by atoms with Crippen LogP contribution in [0.15, 0.2) is 52.9 Å². The van der Waals surface area contributed by atoms with Gasteiger partial charge in [0, 0.05) is 6.54 Å². The highest BCUT2D eigenvalue weighted by Crippen LogP contribution is 2.28. The SMILES string of the molecule is COc1ccccc1CCNC(=O)CSc1nnc(Nc2ccccc2F)s1. The standard InChI is InChI=1S/C19H19FN4O2S2/c1-26-16-9-5-2-6-13(16)10-11-21-17(25)12-27-19-24-23-18(28-19)22-15-8-4-3-7-14(15)20/h2-9H,10-12H2,1H3,(H,21,25)(H,22,23). The van der Waals surface area contributed by atoms with Crippen LogP contribution in [0.3, 0.4) is 0 Å². The third kappa shape index (κ3) is 5.67. The van der Waals surface area contributed by atoms with Crippen molar-refractivity contribution in [2.75, 3.05) is 24.7 Å². The molecule has 0 spiro atoms. The van der Waals surface area contributed by atoms with Crippen LogP contribution < -0.4 is 15.4 Å². The van der Waals surface area contributed by atoms with E-state index in [0.29, 0.717) is 28.1 Å². The fourth-order valence-corrected chi connectivity index (χ4v) is 4.01. The molecule has 2 aromatic carbocycles. The summed E-state index contributed by atoms with van der Waals surface area (Å²) in [4.78, 5) is 12.0. The van der Waals surface area contributed by atoms with Crippen LogP contribution in [0.5, 0.6) is 5.75 Å². The van der Waals surface area contributed by atoms with Gasteiger partial charge in [-0.25, -0.2) is 4.39 Å². The van der Waals surface area contributed by atoms with Crippen molar-refractivity contribution in [2.24, 2.45) is 0 Å². The van der Waals surface area contributed by atoms with E-state index in [1.807, 2.05) is 24.3 Å². The number of ether oxygens (including phenoxy) is 1. The van der Waals surface area contributed by atoms with Crippen LogP contribution in [-0.4, -0.2) is 35.5 Å². The van der Waals surface area contributed by atoms with Crippen molar-refractivity contribution < 1.29 is 13.9 Å². The van der Waals surface area contributed by atoms with Gasteiger partial charge >= 0.3 is 0 Å². The second-order valence-corrected chi connectivity index (χ2v) is 7.88. The van der Waals surface area contributed by atoms with Crippen LogP contribution in [0.1, 0.15) is 5.56 Å². The molecule has 0 unspecified atom stereocenters. The molecule has 3 rings (SSSR count). The number of nitrogens with zero attached hydrogens (tertiary/aromatic N) is 2. The fourth-order valence-electron chi connectivity index (χ4n) is 2.42. The first-order valence-electron chi connectivity index (χ1n) is 8.52. The van der Waals surface area contributed by atoms with Crippen LogP contribution in [0.25, 0.3) is 0 Å². The molecule has 0 bridgehead atoms. The highest BCUT2D eigenvalue weighted by atomic mass is 32.2. The van der Waals surface area contributed by atoms with Gasteiger partial charge in [-0.2, -0.15) is 0 Å². The van der Waals surface area contributed by atoms with E-state index >= 15 is 0 Å².